The van der Waals surface area contributed by atoms with Crippen molar-refractivity contribution < 1.29 is 9.53 Å². The van der Waals surface area contributed by atoms with Gasteiger partial charge in [0, 0.05) is 22.6 Å². The predicted octanol–water partition coefficient (Wildman–Crippen LogP) is 5.22. The largest absolute Gasteiger partial charge is 0.444 e. The molecule has 1 heterocycles. The molecule has 2 rings (SSSR count). The minimum absolute atomic E-state index is 0.220. The molecule has 0 bridgehead atoms. The number of hydrogen-bond acceptors (Lipinski definition) is 2. The van der Waals surface area contributed by atoms with Crippen molar-refractivity contribution in [3.8, 4) is 0 Å². The summed E-state index contributed by atoms with van der Waals surface area (Å²) in [5.74, 6) is 0.407. The third-order valence-corrected chi connectivity index (χ3v) is 4.37. The fourth-order valence-electron chi connectivity index (χ4n) is 2.53. The Labute approximate surface area is 139 Å². The first-order valence-corrected chi connectivity index (χ1v) is 8.36. The maximum absolute atomic E-state index is 12.0. The molecule has 0 saturated carbocycles. The molecule has 0 atom stereocenters. The number of halogens is 2. The van der Waals surface area contributed by atoms with Crippen molar-refractivity contribution >= 4 is 33.6 Å². The van der Waals surface area contributed by atoms with E-state index in [1.807, 2.05) is 32.9 Å². The van der Waals surface area contributed by atoms with Gasteiger partial charge in [0.15, 0.2) is 0 Å². The van der Waals surface area contributed by atoms with Crippen LogP contribution in [0.4, 0.5) is 4.79 Å². The molecule has 1 aromatic rings. The fraction of sp³-hybridized carbons (Fsp3) is 0.562. The van der Waals surface area contributed by atoms with E-state index in [4.69, 9.17) is 16.3 Å². The first-order valence-electron chi connectivity index (χ1n) is 7.19. The molecule has 0 N–H and O–H groups in total. The van der Waals surface area contributed by atoms with E-state index in [1.54, 1.807) is 4.90 Å². The second-order valence-electron chi connectivity index (χ2n) is 6.41. The maximum Gasteiger partial charge on any atom is 0.410 e. The van der Waals surface area contributed by atoms with Crippen LogP contribution in [0.25, 0.3) is 0 Å². The summed E-state index contributed by atoms with van der Waals surface area (Å²) in [6.45, 7) is 7.09. The van der Waals surface area contributed by atoms with Crippen LogP contribution in [0.15, 0.2) is 22.7 Å². The summed E-state index contributed by atoms with van der Waals surface area (Å²) >= 11 is 9.74. The average Bonchev–Trinajstić information content (AvgIpc) is 2.37. The van der Waals surface area contributed by atoms with Crippen LogP contribution in [0.2, 0.25) is 5.02 Å². The zero-order valence-electron chi connectivity index (χ0n) is 12.7. The molecule has 0 unspecified atom stereocenters. The number of ether oxygens (including phenoxy) is 1. The zero-order chi connectivity index (χ0) is 15.6. The molecule has 116 valence electrons. The molecule has 1 saturated heterocycles. The highest BCUT2D eigenvalue weighted by atomic mass is 79.9. The number of amides is 1. The molecule has 1 aliphatic heterocycles. The molecule has 0 radical (unpaired) electrons. The van der Waals surface area contributed by atoms with E-state index in [-0.39, 0.29) is 6.09 Å². The Hall–Kier alpha value is -0.740. The Morgan fingerprint density at radius 3 is 2.48 bits per heavy atom. The Balaban J connectivity index is 1.95. The van der Waals surface area contributed by atoms with E-state index < -0.39 is 5.60 Å². The quantitative estimate of drug-likeness (QED) is 0.674. The molecule has 1 aromatic carbocycles. The highest BCUT2D eigenvalue weighted by Crippen LogP contribution is 2.34. The lowest BCUT2D eigenvalue weighted by atomic mass is 9.89. The second-order valence-corrected chi connectivity index (χ2v) is 7.73. The highest BCUT2D eigenvalue weighted by molar-refractivity contribution is 9.10. The Morgan fingerprint density at radius 2 is 1.95 bits per heavy atom. The van der Waals surface area contributed by atoms with Crippen molar-refractivity contribution in [2.75, 3.05) is 13.1 Å². The van der Waals surface area contributed by atoms with Gasteiger partial charge in [0.25, 0.3) is 0 Å². The van der Waals surface area contributed by atoms with Gasteiger partial charge in [0.1, 0.15) is 5.60 Å². The van der Waals surface area contributed by atoms with Gasteiger partial charge in [-0.3, -0.25) is 0 Å². The molecular formula is C16H21BrClNO2. The number of hydrogen-bond donors (Lipinski definition) is 0. The smallest absolute Gasteiger partial charge is 0.410 e. The van der Waals surface area contributed by atoms with Crippen molar-refractivity contribution in [2.45, 2.75) is 45.1 Å². The van der Waals surface area contributed by atoms with E-state index in [9.17, 15) is 4.79 Å². The summed E-state index contributed by atoms with van der Waals surface area (Å²) in [7, 11) is 0. The lowest BCUT2D eigenvalue weighted by Gasteiger charge is -2.33. The number of likely N-dealkylation sites (tertiary alicyclic amines) is 1. The first kappa shape index (κ1) is 16.6. The summed E-state index contributed by atoms with van der Waals surface area (Å²) in [5.41, 5.74) is 0.729. The molecule has 1 aliphatic rings. The monoisotopic (exact) mass is 373 g/mol. The van der Waals surface area contributed by atoms with Crippen LogP contribution in [-0.2, 0) is 4.74 Å². The van der Waals surface area contributed by atoms with Crippen LogP contribution in [0.5, 0.6) is 0 Å². The zero-order valence-corrected chi connectivity index (χ0v) is 15.0. The molecule has 0 aromatic heterocycles. The first-order chi connectivity index (χ1) is 9.76. The van der Waals surface area contributed by atoms with Crippen molar-refractivity contribution in [2.24, 2.45) is 0 Å². The van der Waals surface area contributed by atoms with Crippen molar-refractivity contribution in [3.05, 3.63) is 33.3 Å². The number of benzene rings is 1. The van der Waals surface area contributed by atoms with Crippen LogP contribution < -0.4 is 0 Å². The number of piperidine rings is 1. The van der Waals surface area contributed by atoms with E-state index in [0.717, 1.165) is 22.3 Å². The minimum atomic E-state index is -0.442. The van der Waals surface area contributed by atoms with E-state index in [1.165, 1.54) is 5.56 Å². The Morgan fingerprint density at radius 1 is 1.33 bits per heavy atom. The highest BCUT2D eigenvalue weighted by Gasteiger charge is 2.28. The standard InChI is InChI=1S/C16H21BrClNO2/c1-16(2,3)21-15(20)19-8-6-11(7-9-19)13-5-4-12(17)10-14(13)18/h4-5,10-11H,6-9H2,1-3H3. The van der Waals surface area contributed by atoms with Crippen LogP contribution in [0.3, 0.4) is 0 Å². The van der Waals surface area contributed by atoms with Gasteiger partial charge < -0.3 is 9.64 Å². The number of carbonyl (C=O) groups is 1. The Kier molecular flexibility index (Phi) is 5.20. The molecular weight excluding hydrogens is 354 g/mol. The average molecular weight is 375 g/mol. The molecule has 1 amide bonds. The lowest BCUT2D eigenvalue weighted by Crippen LogP contribution is -2.41. The van der Waals surface area contributed by atoms with Gasteiger partial charge >= 0.3 is 6.09 Å². The topological polar surface area (TPSA) is 29.5 Å². The summed E-state index contributed by atoms with van der Waals surface area (Å²) in [4.78, 5) is 13.8. The van der Waals surface area contributed by atoms with Gasteiger partial charge in [0.05, 0.1) is 0 Å². The number of rotatable bonds is 1. The third kappa shape index (κ3) is 4.62. The van der Waals surface area contributed by atoms with Crippen molar-refractivity contribution in [1.82, 2.24) is 4.90 Å². The molecule has 3 nitrogen and oxygen atoms in total. The normalized spacial score (nSPS) is 16.9. The second kappa shape index (κ2) is 6.57. The molecule has 21 heavy (non-hydrogen) atoms. The third-order valence-electron chi connectivity index (χ3n) is 3.55. The Bertz CT molecular complexity index is 519. The number of carbonyl (C=O) groups excluding carboxylic acids is 1. The van der Waals surface area contributed by atoms with Gasteiger partial charge in [-0.05, 0) is 57.2 Å². The molecule has 5 heteroatoms. The van der Waals surface area contributed by atoms with Gasteiger partial charge in [-0.15, -0.1) is 0 Å². The van der Waals surface area contributed by atoms with Crippen molar-refractivity contribution in [1.29, 1.82) is 0 Å². The molecule has 0 spiro atoms. The lowest BCUT2D eigenvalue weighted by molar-refractivity contribution is 0.0205. The summed E-state index contributed by atoms with van der Waals surface area (Å²) < 4.78 is 6.40. The fourth-order valence-corrected chi connectivity index (χ4v) is 3.36. The predicted molar refractivity (Wildman–Crippen MR) is 88.9 cm³/mol. The van der Waals surface area contributed by atoms with Crippen LogP contribution in [0.1, 0.15) is 45.1 Å². The molecule has 0 aliphatic carbocycles. The van der Waals surface area contributed by atoms with Gasteiger partial charge in [-0.1, -0.05) is 33.6 Å². The summed E-state index contributed by atoms with van der Waals surface area (Å²) in [6.07, 6.45) is 1.61. The van der Waals surface area contributed by atoms with E-state index >= 15 is 0 Å². The molecule has 1 fully saturated rings. The van der Waals surface area contributed by atoms with E-state index in [2.05, 4.69) is 22.0 Å². The van der Waals surface area contributed by atoms with E-state index in [0.29, 0.717) is 19.0 Å². The summed E-state index contributed by atoms with van der Waals surface area (Å²) in [6, 6.07) is 6.01. The van der Waals surface area contributed by atoms with Crippen LogP contribution in [-0.4, -0.2) is 29.7 Å². The van der Waals surface area contributed by atoms with Gasteiger partial charge in [-0.2, -0.15) is 0 Å². The van der Waals surface area contributed by atoms with Gasteiger partial charge in [0.2, 0.25) is 0 Å². The maximum atomic E-state index is 12.0. The SMILES string of the molecule is CC(C)(C)OC(=O)N1CCC(c2ccc(Br)cc2Cl)CC1. The van der Waals surface area contributed by atoms with Crippen LogP contribution in [0, 0.1) is 0 Å². The summed E-state index contributed by atoms with van der Waals surface area (Å²) in [5, 5.41) is 0.792. The van der Waals surface area contributed by atoms with Crippen molar-refractivity contribution in [3.63, 3.8) is 0 Å². The van der Waals surface area contributed by atoms with Gasteiger partial charge in [-0.25, -0.2) is 4.79 Å². The minimum Gasteiger partial charge on any atom is -0.444 e. The van der Waals surface area contributed by atoms with Crippen LogP contribution >= 0.6 is 27.5 Å². The number of nitrogens with zero attached hydrogens (tertiary/aromatic N) is 1.